The molecule has 0 aliphatic heterocycles. The van der Waals surface area contributed by atoms with Crippen molar-refractivity contribution >= 4 is 6.03 Å². The Kier molecular flexibility index (Phi) is 6.78. The van der Waals surface area contributed by atoms with Crippen LogP contribution in [0.25, 0.3) is 0 Å². The van der Waals surface area contributed by atoms with Gasteiger partial charge in [-0.3, -0.25) is 0 Å². The fourth-order valence-electron chi connectivity index (χ4n) is 3.17. The van der Waals surface area contributed by atoms with Crippen LogP contribution < -0.4 is 10.6 Å². The number of hydrogen-bond acceptors (Lipinski definition) is 3. The number of nitrogens with one attached hydrogen (secondary N) is 2. The monoisotopic (exact) mass is 377 g/mol. The smallest absolute Gasteiger partial charge is 0.315 e. The van der Waals surface area contributed by atoms with Gasteiger partial charge < -0.3 is 10.6 Å². The molecule has 1 unspecified atom stereocenters. The number of amides is 2. The standard InChI is InChI=1S/C22H27N5O/c1-17(2)11-21(20-9-4-3-5-10-20)26-22(28)24-13-18-7-6-8-19(12-18)14-27-16-23-15-25-27/h3-10,12,15-17,21H,11,13-14H2,1-2H3,(H2,24,26,28). The first kappa shape index (κ1) is 19.6. The van der Waals surface area contributed by atoms with E-state index in [1.807, 2.05) is 36.4 Å². The van der Waals surface area contributed by atoms with E-state index in [1.54, 1.807) is 11.0 Å². The lowest BCUT2D eigenvalue weighted by atomic mass is 9.97. The van der Waals surface area contributed by atoms with E-state index < -0.39 is 0 Å². The molecule has 3 rings (SSSR count). The van der Waals surface area contributed by atoms with Crippen molar-refractivity contribution in [2.45, 2.75) is 39.4 Å². The Hall–Kier alpha value is -3.15. The van der Waals surface area contributed by atoms with E-state index in [0.29, 0.717) is 19.0 Å². The van der Waals surface area contributed by atoms with Crippen molar-refractivity contribution in [3.05, 3.63) is 83.9 Å². The largest absolute Gasteiger partial charge is 0.334 e. The average Bonchev–Trinajstić information content (AvgIpc) is 3.19. The van der Waals surface area contributed by atoms with Gasteiger partial charge in [0.25, 0.3) is 0 Å². The van der Waals surface area contributed by atoms with E-state index in [-0.39, 0.29) is 12.1 Å². The van der Waals surface area contributed by atoms with Crippen molar-refractivity contribution in [1.29, 1.82) is 0 Å². The van der Waals surface area contributed by atoms with Crippen LogP contribution in [0.15, 0.2) is 67.3 Å². The van der Waals surface area contributed by atoms with E-state index in [0.717, 1.165) is 23.1 Å². The Morgan fingerprint density at radius 2 is 1.86 bits per heavy atom. The number of aromatic nitrogens is 3. The minimum atomic E-state index is -0.156. The van der Waals surface area contributed by atoms with Gasteiger partial charge in [0, 0.05) is 6.54 Å². The Labute approximate surface area is 166 Å². The van der Waals surface area contributed by atoms with Crippen LogP contribution in [0.5, 0.6) is 0 Å². The van der Waals surface area contributed by atoms with Gasteiger partial charge in [-0.25, -0.2) is 14.5 Å². The summed E-state index contributed by atoms with van der Waals surface area (Å²) in [6.07, 6.45) is 4.11. The van der Waals surface area contributed by atoms with Crippen LogP contribution in [0.1, 0.15) is 43.0 Å². The molecule has 0 fully saturated rings. The van der Waals surface area contributed by atoms with Crippen molar-refractivity contribution in [2.24, 2.45) is 5.92 Å². The minimum Gasteiger partial charge on any atom is -0.334 e. The molecule has 3 aromatic rings. The zero-order chi connectivity index (χ0) is 19.8. The summed E-state index contributed by atoms with van der Waals surface area (Å²) in [6.45, 7) is 5.46. The molecule has 6 nitrogen and oxygen atoms in total. The topological polar surface area (TPSA) is 71.8 Å². The predicted molar refractivity (Wildman–Crippen MR) is 110 cm³/mol. The number of benzene rings is 2. The van der Waals surface area contributed by atoms with Crippen LogP contribution >= 0.6 is 0 Å². The fourth-order valence-corrected chi connectivity index (χ4v) is 3.17. The van der Waals surface area contributed by atoms with Gasteiger partial charge >= 0.3 is 6.03 Å². The first-order valence-electron chi connectivity index (χ1n) is 9.59. The maximum atomic E-state index is 12.5. The van der Waals surface area contributed by atoms with Gasteiger partial charge in [-0.1, -0.05) is 68.4 Å². The molecule has 6 heteroatoms. The highest BCUT2D eigenvalue weighted by Crippen LogP contribution is 2.20. The highest BCUT2D eigenvalue weighted by Gasteiger charge is 2.15. The molecule has 0 radical (unpaired) electrons. The number of hydrogen-bond donors (Lipinski definition) is 2. The second kappa shape index (κ2) is 9.69. The zero-order valence-electron chi connectivity index (χ0n) is 16.4. The average molecular weight is 377 g/mol. The lowest BCUT2D eigenvalue weighted by Gasteiger charge is -2.21. The summed E-state index contributed by atoms with van der Waals surface area (Å²) in [4.78, 5) is 16.4. The lowest BCUT2D eigenvalue weighted by molar-refractivity contribution is 0.234. The summed E-state index contributed by atoms with van der Waals surface area (Å²) in [5.41, 5.74) is 3.29. The highest BCUT2D eigenvalue weighted by atomic mass is 16.2. The summed E-state index contributed by atoms with van der Waals surface area (Å²) in [5.74, 6) is 0.485. The minimum absolute atomic E-state index is 0.000139. The number of rotatable bonds is 8. The van der Waals surface area contributed by atoms with Gasteiger partial charge in [0.2, 0.25) is 0 Å². The molecule has 146 valence electrons. The molecule has 0 saturated heterocycles. The van der Waals surface area contributed by atoms with Crippen LogP contribution in [-0.2, 0) is 13.1 Å². The number of nitrogens with zero attached hydrogens (tertiary/aromatic N) is 3. The summed E-state index contributed by atoms with van der Waals surface area (Å²) in [7, 11) is 0. The Morgan fingerprint density at radius 1 is 1.07 bits per heavy atom. The third kappa shape index (κ3) is 5.94. The van der Waals surface area contributed by atoms with Gasteiger partial charge in [0.15, 0.2) is 0 Å². The van der Waals surface area contributed by atoms with E-state index in [9.17, 15) is 4.79 Å². The normalized spacial score (nSPS) is 12.0. The fraction of sp³-hybridized carbons (Fsp3) is 0.318. The third-order valence-electron chi connectivity index (χ3n) is 4.47. The van der Waals surface area contributed by atoms with E-state index >= 15 is 0 Å². The Balaban J connectivity index is 1.57. The quantitative estimate of drug-likeness (QED) is 0.625. The van der Waals surface area contributed by atoms with Gasteiger partial charge in [-0.15, -0.1) is 0 Å². The molecule has 1 heterocycles. The van der Waals surface area contributed by atoms with E-state index in [1.165, 1.54) is 6.33 Å². The molecule has 0 bridgehead atoms. The third-order valence-corrected chi connectivity index (χ3v) is 4.47. The van der Waals surface area contributed by atoms with Crippen molar-refractivity contribution in [3.8, 4) is 0 Å². The number of urea groups is 1. The van der Waals surface area contributed by atoms with Gasteiger partial charge in [-0.05, 0) is 29.0 Å². The molecule has 2 N–H and O–H groups in total. The van der Waals surface area contributed by atoms with Crippen LogP contribution in [0.3, 0.4) is 0 Å². The van der Waals surface area contributed by atoms with E-state index in [2.05, 4.69) is 52.8 Å². The van der Waals surface area contributed by atoms with Crippen molar-refractivity contribution in [2.75, 3.05) is 0 Å². The second-order valence-corrected chi connectivity index (χ2v) is 7.33. The molecule has 2 aromatic carbocycles. The van der Waals surface area contributed by atoms with Crippen LogP contribution in [-0.4, -0.2) is 20.8 Å². The van der Waals surface area contributed by atoms with Gasteiger partial charge in [0.05, 0.1) is 12.6 Å². The first-order valence-corrected chi connectivity index (χ1v) is 9.59. The number of carbonyl (C=O) groups is 1. The van der Waals surface area contributed by atoms with Crippen molar-refractivity contribution < 1.29 is 4.79 Å². The molecular weight excluding hydrogens is 350 g/mol. The number of carbonyl (C=O) groups excluding carboxylic acids is 1. The van der Waals surface area contributed by atoms with Gasteiger partial charge in [-0.2, -0.15) is 5.10 Å². The summed E-state index contributed by atoms with van der Waals surface area (Å²) in [6, 6.07) is 18.1. The SMILES string of the molecule is CC(C)CC(NC(=O)NCc1cccc(Cn2cncn2)c1)c1ccccc1. The molecular formula is C22H27N5O. The van der Waals surface area contributed by atoms with Crippen LogP contribution in [0.2, 0.25) is 0 Å². The van der Waals surface area contributed by atoms with Gasteiger partial charge in [0.1, 0.15) is 12.7 Å². The molecule has 0 aliphatic carbocycles. The summed E-state index contributed by atoms with van der Waals surface area (Å²) >= 11 is 0. The molecule has 0 saturated carbocycles. The second-order valence-electron chi connectivity index (χ2n) is 7.33. The summed E-state index contributed by atoms with van der Waals surface area (Å²) in [5, 5.41) is 10.2. The van der Waals surface area contributed by atoms with E-state index in [4.69, 9.17) is 0 Å². The molecule has 2 amide bonds. The first-order chi connectivity index (χ1) is 13.6. The lowest BCUT2D eigenvalue weighted by Crippen LogP contribution is -2.38. The highest BCUT2D eigenvalue weighted by molar-refractivity contribution is 5.74. The Bertz CT molecular complexity index is 862. The Morgan fingerprint density at radius 3 is 2.57 bits per heavy atom. The van der Waals surface area contributed by atoms with Crippen molar-refractivity contribution in [3.63, 3.8) is 0 Å². The predicted octanol–water partition coefficient (Wildman–Crippen LogP) is 3.91. The molecule has 1 atom stereocenters. The zero-order valence-corrected chi connectivity index (χ0v) is 16.4. The maximum Gasteiger partial charge on any atom is 0.315 e. The maximum absolute atomic E-state index is 12.5. The van der Waals surface area contributed by atoms with Crippen molar-refractivity contribution in [1.82, 2.24) is 25.4 Å². The van der Waals surface area contributed by atoms with Crippen LogP contribution in [0, 0.1) is 5.92 Å². The molecule has 0 aliphatic rings. The molecule has 28 heavy (non-hydrogen) atoms. The van der Waals surface area contributed by atoms with Crippen LogP contribution in [0.4, 0.5) is 4.79 Å². The molecule has 1 aromatic heterocycles. The summed E-state index contributed by atoms with van der Waals surface area (Å²) < 4.78 is 1.77. The molecule has 0 spiro atoms.